The lowest BCUT2D eigenvalue weighted by Gasteiger charge is -2.14. The van der Waals surface area contributed by atoms with Crippen LogP contribution in [-0.4, -0.2) is 23.5 Å². The van der Waals surface area contributed by atoms with Gasteiger partial charge in [-0.25, -0.2) is 9.97 Å². The molecule has 0 bridgehead atoms. The van der Waals surface area contributed by atoms with E-state index in [4.69, 9.17) is 9.97 Å². The van der Waals surface area contributed by atoms with Gasteiger partial charge in [0.05, 0.1) is 61.0 Å². The van der Waals surface area contributed by atoms with Crippen molar-refractivity contribution in [1.29, 1.82) is 0 Å². The van der Waals surface area contributed by atoms with Crippen molar-refractivity contribution in [3.8, 4) is 33.9 Å². The number of para-hydroxylation sites is 6. The van der Waals surface area contributed by atoms with Crippen molar-refractivity contribution in [3.63, 3.8) is 0 Å². The first kappa shape index (κ1) is 34.7. The summed E-state index contributed by atoms with van der Waals surface area (Å²) in [5, 5.41) is 12.6. The van der Waals surface area contributed by atoms with Crippen molar-refractivity contribution < 1.29 is 0 Å². The highest BCUT2D eigenvalue weighted by Crippen LogP contribution is 2.48. The van der Waals surface area contributed by atoms with Gasteiger partial charge in [-0.3, -0.25) is 0 Å². The van der Waals surface area contributed by atoms with Crippen LogP contribution >= 0.6 is 0 Å². The molecule has 0 fully saturated rings. The molecule has 0 saturated carbocycles. The fourth-order valence-corrected chi connectivity index (χ4v) is 11.2. The summed E-state index contributed by atoms with van der Waals surface area (Å²) >= 11 is 0. The molecule has 0 aliphatic heterocycles. The molecule has 0 unspecified atom stereocenters. The molecule has 0 radical (unpaired) electrons. The topological polar surface area (TPSA) is 40.0 Å². The lowest BCUT2D eigenvalue weighted by atomic mass is 9.99. The standard InChI is InChI=1S/C60H35N5/c1-2-15-39(16-3-1)63-50-23-11-6-18-42(50)45-32-28-38(34-54(45)63)58-57(61-48-21-9-10-22-49(48)62-58)37-26-30-40(31-27-37)64-51-24-12-7-19-43(51)46-35-47-44-20-8-13-25-52(44)65-53-33-29-36-14-4-5-17-41(36)55(53)56(59(46)64)60(47)65/h1-35H. The summed E-state index contributed by atoms with van der Waals surface area (Å²) < 4.78 is 7.36. The lowest BCUT2D eigenvalue weighted by molar-refractivity contribution is 1.18. The van der Waals surface area contributed by atoms with Gasteiger partial charge < -0.3 is 13.5 Å². The number of hydrogen-bond acceptors (Lipinski definition) is 2. The normalized spacial score (nSPS) is 12.3. The van der Waals surface area contributed by atoms with Crippen LogP contribution in [0.2, 0.25) is 0 Å². The Morgan fingerprint density at radius 2 is 0.831 bits per heavy atom. The average Bonchev–Trinajstić information content (AvgIpc) is 4.10. The molecule has 5 nitrogen and oxygen atoms in total. The Balaban J connectivity index is 0.982. The molecule has 300 valence electrons. The molecule has 0 atom stereocenters. The summed E-state index contributed by atoms with van der Waals surface area (Å²) in [7, 11) is 0. The third-order valence-electron chi connectivity index (χ3n) is 13.9. The zero-order chi connectivity index (χ0) is 42.3. The van der Waals surface area contributed by atoms with Gasteiger partial charge in [-0.1, -0.05) is 140 Å². The van der Waals surface area contributed by atoms with E-state index < -0.39 is 0 Å². The van der Waals surface area contributed by atoms with Crippen molar-refractivity contribution >= 4 is 104 Å². The average molecular weight is 826 g/mol. The van der Waals surface area contributed by atoms with Crippen LogP contribution in [0.5, 0.6) is 0 Å². The molecule has 5 heteroatoms. The first-order chi connectivity index (χ1) is 32.3. The van der Waals surface area contributed by atoms with Crippen LogP contribution in [0.4, 0.5) is 0 Å². The van der Waals surface area contributed by atoms with Gasteiger partial charge in [0.25, 0.3) is 0 Å². The highest BCUT2D eigenvalue weighted by Gasteiger charge is 2.26. The van der Waals surface area contributed by atoms with E-state index in [0.29, 0.717) is 0 Å². The molecule has 65 heavy (non-hydrogen) atoms. The summed E-state index contributed by atoms with van der Waals surface area (Å²) in [6, 6.07) is 76.9. The van der Waals surface area contributed by atoms with Crippen LogP contribution in [-0.2, 0) is 0 Å². The number of nitrogens with zero attached hydrogens (tertiary/aromatic N) is 5. The molecular formula is C60H35N5. The maximum atomic E-state index is 5.38. The Morgan fingerprint density at radius 3 is 1.58 bits per heavy atom. The highest BCUT2D eigenvalue weighted by molar-refractivity contribution is 6.37. The van der Waals surface area contributed by atoms with E-state index >= 15 is 0 Å². The Kier molecular flexibility index (Phi) is 6.89. The molecular weight excluding hydrogens is 791 g/mol. The van der Waals surface area contributed by atoms with E-state index in [1.165, 1.54) is 87.0 Å². The molecule has 15 aromatic rings. The molecule has 0 N–H and O–H groups in total. The number of hydrogen-bond donors (Lipinski definition) is 0. The molecule has 0 aliphatic rings. The van der Waals surface area contributed by atoms with Gasteiger partial charge >= 0.3 is 0 Å². The molecule has 5 heterocycles. The van der Waals surface area contributed by atoms with Crippen LogP contribution in [0.3, 0.4) is 0 Å². The maximum Gasteiger partial charge on any atom is 0.0973 e. The van der Waals surface area contributed by atoms with Gasteiger partial charge in [0, 0.05) is 65.6 Å². The van der Waals surface area contributed by atoms with E-state index in [9.17, 15) is 0 Å². The summed E-state index contributed by atoms with van der Waals surface area (Å²) in [5.41, 5.74) is 16.1. The zero-order valence-corrected chi connectivity index (χ0v) is 34.9. The predicted octanol–water partition coefficient (Wildman–Crippen LogP) is 15.5. The lowest BCUT2D eigenvalue weighted by Crippen LogP contribution is -1.98. The van der Waals surface area contributed by atoms with Gasteiger partial charge in [0.2, 0.25) is 0 Å². The fourth-order valence-electron chi connectivity index (χ4n) is 11.2. The Hall–Kier alpha value is -8.80. The van der Waals surface area contributed by atoms with Crippen molar-refractivity contribution in [2.24, 2.45) is 0 Å². The Labute approximate surface area is 371 Å². The number of aromatic nitrogens is 5. The van der Waals surface area contributed by atoms with Gasteiger partial charge in [-0.2, -0.15) is 0 Å². The quantitative estimate of drug-likeness (QED) is 0.177. The molecule has 5 aromatic heterocycles. The van der Waals surface area contributed by atoms with Crippen molar-refractivity contribution in [2.75, 3.05) is 0 Å². The third kappa shape index (κ3) is 4.71. The second-order valence-electron chi connectivity index (χ2n) is 17.3. The van der Waals surface area contributed by atoms with Crippen LogP contribution in [0, 0.1) is 0 Å². The van der Waals surface area contributed by atoms with Crippen LogP contribution < -0.4 is 0 Å². The van der Waals surface area contributed by atoms with E-state index in [1.54, 1.807) is 0 Å². The minimum atomic E-state index is 0.851. The third-order valence-corrected chi connectivity index (χ3v) is 13.9. The summed E-state index contributed by atoms with van der Waals surface area (Å²) in [4.78, 5) is 10.8. The van der Waals surface area contributed by atoms with Crippen molar-refractivity contribution in [2.45, 2.75) is 0 Å². The number of rotatable bonds is 4. The monoisotopic (exact) mass is 825 g/mol. The zero-order valence-electron chi connectivity index (χ0n) is 34.9. The van der Waals surface area contributed by atoms with E-state index in [2.05, 4.69) is 214 Å². The molecule has 0 aliphatic carbocycles. The van der Waals surface area contributed by atoms with Crippen LogP contribution in [0.25, 0.3) is 137 Å². The molecule has 0 saturated heterocycles. The molecule has 0 spiro atoms. The van der Waals surface area contributed by atoms with Gasteiger partial charge in [-0.05, 0) is 83.6 Å². The molecule has 10 aromatic carbocycles. The Bertz CT molecular complexity index is 4460. The predicted molar refractivity (Wildman–Crippen MR) is 271 cm³/mol. The van der Waals surface area contributed by atoms with E-state index in [-0.39, 0.29) is 0 Å². The fraction of sp³-hybridized carbons (Fsp3) is 0. The largest absolute Gasteiger partial charge is 0.309 e. The van der Waals surface area contributed by atoms with Gasteiger partial charge in [0.15, 0.2) is 0 Å². The molecule has 15 rings (SSSR count). The summed E-state index contributed by atoms with van der Waals surface area (Å²) in [6.45, 7) is 0. The van der Waals surface area contributed by atoms with Crippen molar-refractivity contribution in [3.05, 3.63) is 212 Å². The molecule has 0 amide bonds. The minimum Gasteiger partial charge on any atom is -0.309 e. The SMILES string of the molecule is c1ccc(-n2c3ccccc3c3ccc(-c4nc5ccccc5nc4-c4ccc(-n5c6ccccc6c6cc7c8ccccc8n8c9ccc%10ccccc%10c9c(c65)c78)cc4)cc32)cc1. The van der Waals surface area contributed by atoms with Crippen molar-refractivity contribution in [1.82, 2.24) is 23.5 Å². The summed E-state index contributed by atoms with van der Waals surface area (Å²) in [6.07, 6.45) is 0. The van der Waals surface area contributed by atoms with Gasteiger partial charge in [-0.15, -0.1) is 0 Å². The summed E-state index contributed by atoms with van der Waals surface area (Å²) in [5.74, 6) is 0. The maximum absolute atomic E-state index is 5.38. The Morgan fingerprint density at radius 1 is 0.292 bits per heavy atom. The van der Waals surface area contributed by atoms with E-state index in [1.807, 2.05) is 12.1 Å². The smallest absolute Gasteiger partial charge is 0.0973 e. The van der Waals surface area contributed by atoms with Gasteiger partial charge in [0.1, 0.15) is 0 Å². The first-order valence-corrected chi connectivity index (χ1v) is 22.3. The van der Waals surface area contributed by atoms with E-state index in [0.717, 1.165) is 50.4 Å². The second-order valence-corrected chi connectivity index (χ2v) is 17.3. The highest BCUT2D eigenvalue weighted by atomic mass is 15.0. The number of fused-ring (bicyclic) bond motifs is 16. The van der Waals surface area contributed by atoms with Crippen LogP contribution in [0.15, 0.2) is 212 Å². The number of benzene rings is 10. The van der Waals surface area contributed by atoms with Crippen LogP contribution in [0.1, 0.15) is 0 Å². The first-order valence-electron chi connectivity index (χ1n) is 22.3. The minimum absolute atomic E-state index is 0.851. The second kappa shape index (κ2) is 12.9.